The molecule has 0 amide bonds. The van der Waals surface area contributed by atoms with Gasteiger partial charge >= 0.3 is 0 Å². The number of benzene rings is 1. The van der Waals surface area contributed by atoms with Crippen molar-refractivity contribution >= 4 is 10.0 Å². The van der Waals surface area contributed by atoms with Crippen LogP contribution in [0.2, 0.25) is 0 Å². The maximum Gasteiger partial charge on any atom is 0.209 e. The second-order valence-electron chi connectivity index (χ2n) is 5.88. The molecule has 20 heavy (non-hydrogen) atoms. The molecule has 6 heteroatoms. The first-order valence-corrected chi connectivity index (χ1v) is 8.10. The van der Waals surface area contributed by atoms with Gasteiger partial charge in [0.25, 0.3) is 0 Å². The minimum Gasteiger partial charge on any atom is -0.497 e. The Balaban J connectivity index is 2.70. The molecule has 0 heterocycles. The summed E-state index contributed by atoms with van der Waals surface area (Å²) in [6, 6.07) is 7.16. The van der Waals surface area contributed by atoms with Crippen LogP contribution in [0.25, 0.3) is 0 Å². The molecular weight excluding hydrogens is 278 g/mol. The van der Waals surface area contributed by atoms with Crippen molar-refractivity contribution in [1.29, 1.82) is 0 Å². The third kappa shape index (κ3) is 5.79. The second kappa shape index (κ2) is 6.45. The van der Waals surface area contributed by atoms with E-state index in [0.717, 1.165) is 5.75 Å². The molecular formula is C14H23NO4S. The molecule has 0 aromatic heterocycles. The first-order valence-electron chi connectivity index (χ1n) is 6.39. The predicted octanol–water partition coefficient (Wildman–Crippen LogP) is 2.02. The van der Waals surface area contributed by atoms with E-state index in [1.54, 1.807) is 31.4 Å². The highest BCUT2D eigenvalue weighted by molar-refractivity contribution is 7.89. The highest BCUT2D eigenvalue weighted by atomic mass is 32.2. The lowest BCUT2D eigenvalue weighted by atomic mass is 9.82. The van der Waals surface area contributed by atoms with Gasteiger partial charge in [0.05, 0.1) is 19.5 Å². The zero-order valence-electron chi connectivity index (χ0n) is 12.4. The standard InChI is InChI=1S/C14H23NO4S/c1-14(2,3)11(10-20(15,16)17)9-19-13-7-5-12(18-4)6-8-13/h5-8,11H,9-10H2,1-4H3,(H2,15,16,17). The van der Waals surface area contributed by atoms with E-state index in [2.05, 4.69) is 0 Å². The molecule has 0 fully saturated rings. The Morgan fingerprint density at radius 1 is 1.15 bits per heavy atom. The van der Waals surface area contributed by atoms with Crippen LogP contribution in [0.4, 0.5) is 0 Å². The van der Waals surface area contributed by atoms with Gasteiger partial charge in [-0.3, -0.25) is 0 Å². The molecule has 1 atom stereocenters. The molecule has 0 spiro atoms. The van der Waals surface area contributed by atoms with Crippen LogP contribution >= 0.6 is 0 Å². The fourth-order valence-corrected chi connectivity index (χ4v) is 2.85. The Kier molecular flexibility index (Phi) is 5.42. The van der Waals surface area contributed by atoms with Crippen molar-refractivity contribution < 1.29 is 17.9 Å². The fraction of sp³-hybridized carbons (Fsp3) is 0.571. The Morgan fingerprint density at radius 2 is 1.65 bits per heavy atom. The number of ether oxygens (including phenoxy) is 2. The molecule has 1 rings (SSSR count). The van der Waals surface area contributed by atoms with Gasteiger partial charge in [-0.25, -0.2) is 13.6 Å². The van der Waals surface area contributed by atoms with E-state index in [-0.39, 0.29) is 17.1 Å². The predicted molar refractivity (Wildman–Crippen MR) is 79.4 cm³/mol. The number of hydrogen-bond donors (Lipinski definition) is 1. The quantitative estimate of drug-likeness (QED) is 0.872. The van der Waals surface area contributed by atoms with Crippen molar-refractivity contribution in [1.82, 2.24) is 0 Å². The zero-order chi connectivity index (χ0) is 15.4. The van der Waals surface area contributed by atoms with Crippen molar-refractivity contribution in [3.05, 3.63) is 24.3 Å². The summed E-state index contributed by atoms with van der Waals surface area (Å²) in [6.07, 6.45) is 0. The molecule has 114 valence electrons. The van der Waals surface area contributed by atoms with Gasteiger partial charge in [-0.05, 0) is 29.7 Å². The third-order valence-electron chi connectivity index (χ3n) is 3.17. The fourth-order valence-electron chi connectivity index (χ4n) is 1.70. The van der Waals surface area contributed by atoms with Gasteiger partial charge < -0.3 is 9.47 Å². The monoisotopic (exact) mass is 301 g/mol. The molecule has 0 aliphatic heterocycles. The second-order valence-corrected chi connectivity index (χ2v) is 7.54. The van der Waals surface area contributed by atoms with E-state index < -0.39 is 10.0 Å². The number of methoxy groups -OCH3 is 1. The highest BCUT2D eigenvalue weighted by Crippen LogP contribution is 2.28. The number of rotatable bonds is 6. The van der Waals surface area contributed by atoms with Gasteiger partial charge in [-0.1, -0.05) is 20.8 Å². The maximum atomic E-state index is 11.3. The zero-order valence-corrected chi connectivity index (χ0v) is 13.2. The van der Waals surface area contributed by atoms with Gasteiger partial charge in [0.1, 0.15) is 11.5 Å². The van der Waals surface area contributed by atoms with Crippen molar-refractivity contribution in [2.24, 2.45) is 16.5 Å². The van der Waals surface area contributed by atoms with Crippen LogP contribution in [-0.4, -0.2) is 27.9 Å². The molecule has 0 saturated carbocycles. The van der Waals surface area contributed by atoms with E-state index in [4.69, 9.17) is 14.6 Å². The topological polar surface area (TPSA) is 78.6 Å². The van der Waals surface area contributed by atoms with Gasteiger partial charge in [0.2, 0.25) is 10.0 Å². The average molecular weight is 301 g/mol. The van der Waals surface area contributed by atoms with Crippen molar-refractivity contribution in [3.8, 4) is 11.5 Å². The summed E-state index contributed by atoms with van der Waals surface area (Å²) in [5.41, 5.74) is -0.209. The van der Waals surface area contributed by atoms with Crippen molar-refractivity contribution in [3.63, 3.8) is 0 Å². The molecule has 1 aromatic rings. The molecule has 0 radical (unpaired) electrons. The number of hydrogen-bond acceptors (Lipinski definition) is 4. The summed E-state index contributed by atoms with van der Waals surface area (Å²) in [5.74, 6) is 1.15. The van der Waals surface area contributed by atoms with Gasteiger partial charge in [0, 0.05) is 5.92 Å². The van der Waals surface area contributed by atoms with E-state index in [1.165, 1.54) is 0 Å². The lowest BCUT2D eigenvalue weighted by Gasteiger charge is -2.29. The SMILES string of the molecule is COc1ccc(OCC(CS(N)(=O)=O)C(C)(C)C)cc1. The summed E-state index contributed by atoms with van der Waals surface area (Å²) in [4.78, 5) is 0. The Labute approximate surface area is 121 Å². The number of nitrogens with two attached hydrogens (primary N) is 1. The Bertz CT molecular complexity index is 517. The van der Waals surface area contributed by atoms with Crippen LogP contribution in [0.1, 0.15) is 20.8 Å². The number of primary sulfonamides is 1. The molecule has 5 nitrogen and oxygen atoms in total. The van der Waals surface area contributed by atoms with Crippen molar-refractivity contribution in [2.75, 3.05) is 19.5 Å². The molecule has 0 aliphatic carbocycles. The molecule has 2 N–H and O–H groups in total. The summed E-state index contributed by atoms with van der Waals surface area (Å²) in [7, 11) is -1.93. The molecule has 0 bridgehead atoms. The minimum atomic E-state index is -3.52. The summed E-state index contributed by atoms with van der Waals surface area (Å²) in [6.45, 7) is 6.22. The first kappa shape index (κ1) is 16.8. The van der Waals surface area contributed by atoms with E-state index in [0.29, 0.717) is 12.4 Å². The van der Waals surface area contributed by atoms with Crippen molar-refractivity contribution in [2.45, 2.75) is 20.8 Å². The summed E-state index contributed by atoms with van der Waals surface area (Å²) < 4.78 is 33.3. The van der Waals surface area contributed by atoms with Crippen LogP contribution in [0.3, 0.4) is 0 Å². The summed E-state index contributed by atoms with van der Waals surface area (Å²) in [5, 5.41) is 5.14. The minimum absolute atomic E-state index is 0.0906. The first-order chi connectivity index (χ1) is 9.12. The smallest absolute Gasteiger partial charge is 0.209 e. The van der Waals surface area contributed by atoms with Crippen LogP contribution < -0.4 is 14.6 Å². The number of sulfonamides is 1. The van der Waals surface area contributed by atoms with E-state index >= 15 is 0 Å². The molecule has 1 aromatic carbocycles. The van der Waals surface area contributed by atoms with Crippen LogP contribution in [0, 0.1) is 11.3 Å². The lowest BCUT2D eigenvalue weighted by molar-refractivity contribution is 0.163. The lowest BCUT2D eigenvalue weighted by Crippen LogP contribution is -2.35. The molecule has 0 saturated heterocycles. The van der Waals surface area contributed by atoms with Gasteiger partial charge in [0.15, 0.2) is 0 Å². The largest absolute Gasteiger partial charge is 0.497 e. The van der Waals surface area contributed by atoms with Gasteiger partial charge in [-0.15, -0.1) is 0 Å². The normalized spacial score (nSPS) is 13.8. The Hall–Kier alpha value is -1.27. The average Bonchev–Trinajstić information content (AvgIpc) is 2.32. The summed E-state index contributed by atoms with van der Waals surface area (Å²) >= 11 is 0. The highest BCUT2D eigenvalue weighted by Gasteiger charge is 2.29. The van der Waals surface area contributed by atoms with E-state index in [1.807, 2.05) is 20.8 Å². The van der Waals surface area contributed by atoms with Crippen LogP contribution in [0.15, 0.2) is 24.3 Å². The van der Waals surface area contributed by atoms with Gasteiger partial charge in [-0.2, -0.15) is 0 Å². The third-order valence-corrected chi connectivity index (χ3v) is 4.04. The van der Waals surface area contributed by atoms with Crippen LogP contribution in [0.5, 0.6) is 11.5 Å². The Morgan fingerprint density at radius 3 is 2.05 bits per heavy atom. The van der Waals surface area contributed by atoms with E-state index in [9.17, 15) is 8.42 Å². The maximum absolute atomic E-state index is 11.3. The molecule has 0 aliphatic rings. The van der Waals surface area contributed by atoms with Crippen LogP contribution in [-0.2, 0) is 10.0 Å². The molecule has 1 unspecified atom stereocenters.